The second-order valence-corrected chi connectivity index (χ2v) is 8.48. The number of nitrogens with zero attached hydrogens (tertiary/aromatic N) is 3. The molecule has 25 heavy (non-hydrogen) atoms. The zero-order valence-corrected chi connectivity index (χ0v) is 15.0. The number of nitrogens with one attached hydrogen (secondary N) is 1. The SMILES string of the molecule is Cc1ccc(NC(=O)c2cc(N(C)C3CCS(=O)(=O)C3)ncn2)cc1. The van der Waals surface area contributed by atoms with E-state index in [1.165, 1.54) is 6.33 Å². The fourth-order valence-corrected chi connectivity index (χ4v) is 4.54. The number of aromatic nitrogens is 2. The third-order valence-electron chi connectivity index (χ3n) is 4.31. The quantitative estimate of drug-likeness (QED) is 0.891. The lowest BCUT2D eigenvalue weighted by Crippen LogP contribution is -2.33. The number of aryl methyl sites for hydroxylation is 1. The van der Waals surface area contributed by atoms with Crippen LogP contribution in [0.3, 0.4) is 0 Å². The first-order valence-electron chi connectivity index (χ1n) is 7.97. The van der Waals surface area contributed by atoms with Gasteiger partial charge in [-0.25, -0.2) is 18.4 Å². The van der Waals surface area contributed by atoms with Crippen molar-refractivity contribution < 1.29 is 13.2 Å². The van der Waals surface area contributed by atoms with Crippen molar-refractivity contribution in [2.75, 3.05) is 28.8 Å². The van der Waals surface area contributed by atoms with Crippen molar-refractivity contribution in [2.45, 2.75) is 19.4 Å². The maximum Gasteiger partial charge on any atom is 0.274 e. The van der Waals surface area contributed by atoms with Crippen molar-refractivity contribution >= 4 is 27.2 Å². The predicted molar refractivity (Wildman–Crippen MR) is 96.6 cm³/mol. The second kappa shape index (κ2) is 6.79. The van der Waals surface area contributed by atoms with E-state index in [9.17, 15) is 13.2 Å². The molecule has 3 rings (SSSR count). The number of carbonyl (C=O) groups excluding carboxylic acids is 1. The van der Waals surface area contributed by atoms with Crippen molar-refractivity contribution in [2.24, 2.45) is 0 Å². The Labute approximate surface area is 147 Å². The van der Waals surface area contributed by atoms with E-state index in [4.69, 9.17) is 0 Å². The number of sulfone groups is 1. The molecule has 1 saturated heterocycles. The summed E-state index contributed by atoms with van der Waals surface area (Å²) in [4.78, 5) is 22.4. The highest BCUT2D eigenvalue weighted by atomic mass is 32.2. The fraction of sp³-hybridized carbons (Fsp3) is 0.353. The molecule has 7 nitrogen and oxygen atoms in total. The minimum atomic E-state index is -2.98. The number of hydrogen-bond donors (Lipinski definition) is 1. The van der Waals surface area contributed by atoms with Gasteiger partial charge >= 0.3 is 0 Å². The van der Waals surface area contributed by atoms with E-state index < -0.39 is 9.84 Å². The molecule has 132 valence electrons. The van der Waals surface area contributed by atoms with Gasteiger partial charge in [0.2, 0.25) is 0 Å². The van der Waals surface area contributed by atoms with Crippen LogP contribution in [0.1, 0.15) is 22.5 Å². The van der Waals surface area contributed by atoms with Crippen LogP contribution in [0.15, 0.2) is 36.7 Å². The van der Waals surface area contributed by atoms with E-state index in [1.54, 1.807) is 18.0 Å². The highest BCUT2D eigenvalue weighted by molar-refractivity contribution is 7.91. The van der Waals surface area contributed by atoms with Crippen molar-refractivity contribution in [1.29, 1.82) is 0 Å². The van der Waals surface area contributed by atoms with Crippen molar-refractivity contribution in [3.8, 4) is 0 Å². The predicted octanol–water partition coefficient (Wildman–Crippen LogP) is 1.66. The van der Waals surface area contributed by atoms with Crippen LogP contribution in [0.5, 0.6) is 0 Å². The van der Waals surface area contributed by atoms with Crippen LogP contribution in [0.2, 0.25) is 0 Å². The van der Waals surface area contributed by atoms with E-state index in [-0.39, 0.29) is 29.1 Å². The molecule has 1 N–H and O–H groups in total. The molecule has 0 saturated carbocycles. The average molecular weight is 360 g/mol. The highest BCUT2D eigenvalue weighted by Gasteiger charge is 2.31. The lowest BCUT2D eigenvalue weighted by Gasteiger charge is -2.24. The molecule has 0 bridgehead atoms. The minimum Gasteiger partial charge on any atom is -0.356 e. The number of amides is 1. The third-order valence-corrected chi connectivity index (χ3v) is 6.06. The maximum atomic E-state index is 12.4. The van der Waals surface area contributed by atoms with Gasteiger partial charge in [-0.15, -0.1) is 0 Å². The van der Waals surface area contributed by atoms with Gasteiger partial charge in [-0.1, -0.05) is 17.7 Å². The second-order valence-electron chi connectivity index (χ2n) is 6.25. The smallest absolute Gasteiger partial charge is 0.274 e. The van der Waals surface area contributed by atoms with E-state index in [1.807, 2.05) is 31.2 Å². The first-order chi connectivity index (χ1) is 11.8. The average Bonchev–Trinajstić information content (AvgIpc) is 2.96. The van der Waals surface area contributed by atoms with E-state index in [2.05, 4.69) is 15.3 Å². The van der Waals surface area contributed by atoms with E-state index in [0.717, 1.165) is 5.56 Å². The Balaban J connectivity index is 1.74. The van der Waals surface area contributed by atoms with Crippen LogP contribution >= 0.6 is 0 Å². The molecule has 1 amide bonds. The zero-order chi connectivity index (χ0) is 18.0. The van der Waals surface area contributed by atoms with Gasteiger partial charge in [0, 0.05) is 24.8 Å². The van der Waals surface area contributed by atoms with Gasteiger partial charge in [-0.2, -0.15) is 0 Å². The normalized spacial score (nSPS) is 18.7. The molecule has 2 heterocycles. The van der Waals surface area contributed by atoms with Crippen LogP contribution in [0.25, 0.3) is 0 Å². The van der Waals surface area contributed by atoms with E-state index in [0.29, 0.717) is 17.9 Å². The minimum absolute atomic E-state index is 0.110. The molecular weight excluding hydrogens is 340 g/mol. The summed E-state index contributed by atoms with van der Waals surface area (Å²) in [5.74, 6) is 0.498. The summed E-state index contributed by atoms with van der Waals surface area (Å²) < 4.78 is 23.3. The Hall–Kier alpha value is -2.48. The van der Waals surface area contributed by atoms with E-state index >= 15 is 0 Å². The van der Waals surface area contributed by atoms with Crippen molar-refractivity contribution in [1.82, 2.24) is 9.97 Å². The summed E-state index contributed by atoms with van der Waals surface area (Å²) in [5.41, 5.74) is 2.03. The topological polar surface area (TPSA) is 92.3 Å². The van der Waals surface area contributed by atoms with Crippen LogP contribution < -0.4 is 10.2 Å². The molecule has 0 spiro atoms. The number of hydrogen-bond acceptors (Lipinski definition) is 6. The largest absolute Gasteiger partial charge is 0.356 e. The van der Waals surface area contributed by atoms with Gasteiger partial charge in [0.25, 0.3) is 5.91 Å². The lowest BCUT2D eigenvalue weighted by atomic mass is 10.2. The Morgan fingerprint density at radius 1 is 1.24 bits per heavy atom. The van der Waals surface area contributed by atoms with Gasteiger partial charge in [0.1, 0.15) is 17.8 Å². The summed E-state index contributed by atoms with van der Waals surface area (Å²) in [7, 11) is -1.20. The molecule has 1 aromatic carbocycles. The van der Waals surface area contributed by atoms with Gasteiger partial charge in [0.15, 0.2) is 9.84 Å². The Bertz CT molecular complexity index is 881. The molecule has 8 heteroatoms. The molecule has 1 aromatic heterocycles. The summed E-state index contributed by atoms with van der Waals surface area (Å²) >= 11 is 0. The lowest BCUT2D eigenvalue weighted by molar-refractivity contribution is 0.102. The molecule has 2 aromatic rings. The molecule has 1 atom stereocenters. The van der Waals surface area contributed by atoms with Crippen molar-refractivity contribution in [3.63, 3.8) is 0 Å². The zero-order valence-electron chi connectivity index (χ0n) is 14.1. The Morgan fingerprint density at radius 2 is 1.96 bits per heavy atom. The first-order valence-corrected chi connectivity index (χ1v) is 9.79. The molecule has 0 radical (unpaired) electrons. The van der Waals surface area contributed by atoms with Gasteiger partial charge in [-0.05, 0) is 25.5 Å². The molecule has 1 fully saturated rings. The number of rotatable bonds is 4. The first kappa shape index (κ1) is 17.3. The number of anilines is 2. The van der Waals surface area contributed by atoms with Gasteiger partial charge in [0.05, 0.1) is 11.5 Å². The van der Waals surface area contributed by atoms with Crippen molar-refractivity contribution in [3.05, 3.63) is 47.9 Å². The van der Waals surface area contributed by atoms with Gasteiger partial charge in [-0.3, -0.25) is 4.79 Å². The highest BCUT2D eigenvalue weighted by Crippen LogP contribution is 2.21. The summed E-state index contributed by atoms with van der Waals surface area (Å²) in [6.45, 7) is 1.97. The number of benzene rings is 1. The monoisotopic (exact) mass is 360 g/mol. The third kappa shape index (κ3) is 4.14. The maximum absolute atomic E-state index is 12.4. The fourth-order valence-electron chi connectivity index (χ4n) is 2.76. The molecule has 1 aliphatic rings. The summed E-state index contributed by atoms with van der Waals surface area (Å²) in [6.07, 6.45) is 1.88. The standard InChI is InChI=1S/C17H20N4O3S/c1-12-3-5-13(6-4-12)20-17(22)15-9-16(19-11-18-15)21(2)14-7-8-25(23,24)10-14/h3-6,9,11,14H,7-8,10H2,1-2H3,(H,20,22). The molecular formula is C17H20N4O3S. The Morgan fingerprint density at radius 3 is 2.60 bits per heavy atom. The van der Waals surface area contributed by atoms with Gasteiger partial charge < -0.3 is 10.2 Å². The molecule has 0 aliphatic carbocycles. The van der Waals surface area contributed by atoms with Crippen LogP contribution in [-0.4, -0.2) is 48.9 Å². The summed E-state index contributed by atoms with van der Waals surface area (Å²) in [6, 6.07) is 8.92. The number of carbonyl (C=O) groups is 1. The molecule has 1 aliphatic heterocycles. The molecule has 1 unspecified atom stereocenters. The van der Waals surface area contributed by atoms with Crippen LogP contribution in [0.4, 0.5) is 11.5 Å². The Kier molecular flexibility index (Phi) is 4.71. The van der Waals surface area contributed by atoms with Crippen LogP contribution in [-0.2, 0) is 9.84 Å². The summed E-state index contributed by atoms with van der Waals surface area (Å²) in [5, 5.41) is 2.79. The van der Waals surface area contributed by atoms with Crippen LogP contribution in [0, 0.1) is 6.92 Å².